The van der Waals surface area contributed by atoms with E-state index < -0.39 is 6.04 Å². The van der Waals surface area contributed by atoms with Crippen LogP contribution < -0.4 is 10.2 Å². The van der Waals surface area contributed by atoms with Crippen LogP contribution in [0.5, 0.6) is 0 Å². The van der Waals surface area contributed by atoms with Gasteiger partial charge in [-0.2, -0.15) is 0 Å². The van der Waals surface area contributed by atoms with Crippen molar-refractivity contribution in [1.29, 1.82) is 0 Å². The molecule has 2 amide bonds. The Hall–Kier alpha value is -3.39. The first-order valence-corrected chi connectivity index (χ1v) is 12.1. The number of benzene rings is 2. The lowest BCUT2D eigenvalue weighted by molar-refractivity contribution is -0.136. The maximum atomic E-state index is 13.3. The number of rotatable bonds is 9. The van der Waals surface area contributed by atoms with Crippen molar-refractivity contribution in [3.8, 4) is 0 Å². The van der Waals surface area contributed by atoms with Gasteiger partial charge in [0.25, 0.3) is 0 Å². The number of amides is 2. The van der Waals surface area contributed by atoms with Gasteiger partial charge < -0.3 is 15.1 Å². The Labute approximate surface area is 205 Å². The van der Waals surface area contributed by atoms with Gasteiger partial charge in [-0.05, 0) is 56.7 Å². The van der Waals surface area contributed by atoms with Crippen molar-refractivity contribution in [1.82, 2.24) is 14.9 Å². The van der Waals surface area contributed by atoms with Crippen molar-refractivity contribution < 1.29 is 9.59 Å². The quantitative estimate of drug-likeness (QED) is 0.366. The first-order valence-electron chi connectivity index (χ1n) is 11.1. The molecule has 0 radical (unpaired) electrons. The molecule has 1 heterocycles. The minimum Gasteiger partial charge on any atom is -0.378 e. The molecule has 1 N–H and O–H groups in total. The van der Waals surface area contributed by atoms with Gasteiger partial charge in [-0.1, -0.05) is 42.1 Å². The number of carbonyl (C=O) groups is 2. The number of carbonyl (C=O) groups excluding carboxylic acids is 2. The summed E-state index contributed by atoms with van der Waals surface area (Å²) in [6.45, 7) is 5.89. The number of hydrogen-bond donors (Lipinski definition) is 1. The molecule has 7 nitrogen and oxygen atoms in total. The monoisotopic (exact) mass is 477 g/mol. The zero-order valence-electron chi connectivity index (χ0n) is 20.3. The average Bonchev–Trinajstić information content (AvgIpc) is 2.81. The van der Waals surface area contributed by atoms with Crippen LogP contribution in [0.15, 0.2) is 65.8 Å². The van der Waals surface area contributed by atoms with E-state index in [-0.39, 0.29) is 17.6 Å². The highest BCUT2D eigenvalue weighted by Crippen LogP contribution is 2.19. The van der Waals surface area contributed by atoms with Gasteiger partial charge >= 0.3 is 0 Å². The second-order valence-electron chi connectivity index (χ2n) is 8.34. The molecule has 0 saturated heterocycles. The van der Waals surface area contributed by atoms with Crippen molar-refractivity contribution in [3.63, 3.8) is 0 Å². The molecule has 0 saturated carbocycles. The van der Waals surface area contributed by atoms with Crippen LogP contribution in [-0.4, -0.2) is 52.6 Å². The van der Waals surface area contributed by atoms with Crippen molar-refractivity contribution in [3.05, 3.63) is 77.6 Å². The average molecular weight is 478 g/mol. The number of nitrogens with zero attached hydrogens (tertiary/aromatic N) is 4. The Morgan fingerprint density at radius 1 is 0.971 bits per heavy atom. The number of thioether (sulfide) groups is 1. The first kappa shape index (κ1) is 25.2. The zero-order valence-corrected chi connectivity index (χ0v) is 21.1. The highest BCUT2D eigenvalue weighted by atomic mass is 32.2. The lowest BCUT2D eigenvalue weighted by atomic mass is 10.1. The molecule has 1 aromatic heterocycles. The summed E-state index contributed by atoms with van der Waals surface area (Å²) in [6.07, 6.45) is 0. The fourth-order valence-electron chi connectivity index (χ4n) is 3.42. The van der Waals surface area contributed by atoms with E-state index in [0.717, 1.165) is 22.6 Å². The minimum atomic E-state index is -0.665. The third-order valence-corrected chi connectivity index (χ3v) is 6.13. The molecule has 1 unspecified atom stereocenters. The van der Waals surface area contributed by atoms with Crippen molar-refractivity contribution in [2.45, 2.75) is 38.5 Å². The molecular weight excluding hydrogens is 446 g/mol. The second kappa shape index (κ2) is 11.7. The number of anilines is 2. The van der Waals surface area contributed by atoms with Crippen LogP contribution in [-0.2, 0) is 16.1 Å². The highest BCUT2D eigenvalue weighted by Gasteiger charge is 2.26. The molecule has 8 heteroatoms. The number of aromatic nitrogens is 2. The van der Waals surface area contributed by atoms with E-state index in [0.29, 0.717) is 17.4 Å². The summed E-state index contributed by atoms with van der Waals surface area (Å²) >= 11 is 1.28. The lowest BCUT2D eigenvalue weighted by Crippen LogP contribution is -2.46. The SMILES string of the molecule is Cc1cc(C)nc(SCC(=O)N(Cc2ccccc2)C(C)C(=O)Nc2ccc(N(C)C)cc2)n1. The van der Waals surface area contributed by atoms with Crippen molar-refractivity contribution >= 4 is 35.0 Å². The Balaban J connectivity index is 1.73. The van der Waals surface area contributed by atoms with Crippen LogP contribution >= 0.6 is 11.8 Å². The van der Waals surface area contributed by atoms with Crippen molar-refractivity contribution in [2.75, 3.05) is 30.1 Å². The van der Waals surface area contributed by atoms with E-state index >= 15 is 0 Å². The van der Waals surface area contributed by atoms with Crippen LogP contribution in [0, 0.1) is 13.8 Å². The summed E-state index contributed by atoms with van der Waals surface area (Å²) in [4.78, 5) is 38.8. The smallest absolute Gasteiger partial charge is 0.246 e. The van der Waals surface area contributed by atoms with E-state index in [9.17, 15) is 9.59 Å². The van der Waals surface area contributed by atoms with E-state index in [1.54, 1.807) is 11.8 Å². The molecular formula is C26H31N5O2S. The third kappa shape index (κ3) is 7.05. The molecule has 0 aliphatic carbocycles. The topological polar surface area (TPSA) is 78.4 Å². The van der Waals surface area contributed by atoms with Gasteiger partial charge in [0.15, 0.2) is 5.16 Å². The molecule has 0 aliphatic heterocycles. The maximum Gasteiger partial charge on any atom is 0.246 e. The molecule has 0 fully saturated rings. The fourth-order valence-corrected chi connectivity index (χ4v) is 4.26. The fraction of sp³-hybridized carbons (Fsp3) is 0.308. The third-order valence-electron chi connectivity index (χ3n) is 5.30. The molecule has 34 heavy (non-hydrogen) atoms. The van der Waals surface area contributed by atoms with Gasteiger partial charge in [0.1, 0.15) is 6.04 Å². The van der Waals surface area contributed by atoms with Crippen LogP contribution in [0.4, 0.5) is 11.4 Å². The van der Waals surface area contributed by atoms with Crippen LogP contribution in [0.2, 0.25) is 0 Å². The highest BCUT2D eigenvalue weighted by molar-refractivity contribution is 7.99. The predicted octanol–water partition coefficient (Wildman–Crippen LogP) is 4.31. The van der Waals surface area contributed by atoms with Gasteiger partial charge in [0.05, 0.1) is 5.75 Å². The van der Waals surface area contributed by atoms with E-state index in [1.165, 1.54) is 11.8 Å². The molecule has 2 aromatic carbocycles. The van der Waals surface area contributed by atoms with Gasteiger partial charge in [0, 0.05) is 43.4 Å². The molecule has 3 aromatic rings. The number of aryl methyl sites for hydroxylation is 2. The zero-order chi connectivity index (χ0) is 24.7. The van der Waals surface area contributed by atoms with Crippen LogP contribution in [0.1, 0.15) is 23.9 Å². The van der Waals surface area contributed by atoms with E-state index in [4.69, 9.17) is 0 Å². The predicted molar refractivity (Wildman–Crippen MR) is 138 cm³/mol. The van der Waals surface area contributed by atoms with Gasteiger partial charge in [0.2, 0.25) is 11.8 Å². The van der Waals surface area contributed by atoms with Crippen molar-refractivity contribution in [2.24, 2.45) is 0 Å². The standard InChI is InChI=1S/C26H31N5O2S/c1-18-15-19(2)28-26(27-18)34-17-24(32)31(16-21-9-7-6-8-10-21)20(3)25(33)29-22-11-13-23(14-12-22)30(4)5/h6-15,20H,16-17H2,1-5H3,(H,29,33). The Morgan fingerprint density at radius 2 is 1.59 bits per heavy atom. The lowest BCUT2D eigenvalue weighted by Gasteiger charge is -2.28. The second-order valence-corrected chi connectivity index (χ2v) is 9.28. The number of hydrogen-bond acceptors (Lipinski definition) is 6. The Kier molecular flexibility index (Phi) is 8.65. The maximum absolute atomic E-state index is 13.3. The molecule has 0 aliphatic rings. The Bertz CT molecular complexity index is 1100. The normalized spacial score (nSPS) is 11.6. The molecule has 1 atom stereocenters. The van der Waals surface area contributed by atoms with Crippen LogP contribution in [0.3, 0.4) is 0 Å². The van der Waals surface area contributed by atoms with Crippen LogP contribution in [0.25, 0.3) is 0 Å². The molecule has 0 spiro atoms. The van der Waals surface area contributed by atoms with Gasteiger partial charge in [-0.25, -0.2) is 9.97 Å². The summed E-state index contributed by atoms with van der Waals surface area (Å²) in [6, 6.07) is 18.5. The summed E-state index contributed by atoms with van der Waals surface area (Å²) in [5, 5.41) is 3.49. The summed E-state index contributed by atoms with van der Waals surface area (Å²) in [7, 11) is 3.92. The summed E-state index contributed by atoms with van der Waals surface area (Å²) in [5.41, 5.74) is 4.40. The summed E-state index contributed by atoms with van der Waals surface area (Å²) in [5.74, 6) is -0.248. The minimum absolute atomic E-state index is 0.144. The first-order chi connectivity index (χ1) is 16.2. The van der Waals surface area contributed by atoms with E-state index in [1.807, 2.05) is 93.5 Å². The van der Waals surface area contributed by atoms with Gasteiger partial charge in [-0.3, -0.25) is 9.59 Å². The molecule has 3 rings (SSSR count). The van der Waals surface area contributed by atoms with E-state index in [2.05, 4.69) is 15.3 Å². The number of nitrogens with one attached hydrogen (secondary N) is 1. The summed E-state index contributed by atoms with van der Waals surface area (Å²) < 4.78 is 0. The van der Waals surface area contributed by atoms with Gasteiger partial charge in [-0.15, -0.1) is 0 Å². The largest absolute Gasteiger partial charge is 0.378 e. The molecule has 0 bridgehead atoms. The Morgan fingerprint density at radius 3 is 2.18 bits per heavy atom. The molecule has 178 valence electrons.